The van der Waals surface area contributed by atoms with E-state index < -0.39 is 0 Å². The van der Waals surface area contributed by atoms with Crippen molar-refractivity contribution in [1.82, 2.24) is 14.5 Å². The highest BCUT2D eigenvalue weighted by Gasteiger charge is 2.33. The maximum absolute atomic E-state index is 9.86. The smallest absolute Gasteiger partial charge is 0.0991 e. The fraction of sp³-hybridized carbons (Fsp3) is 0.526. The van der Waals surface area contributed by atoms with E-state index in [0.717, 1.165) is 44.6 Å². The van der Waals surface area contributed by atoms with Gasteiger partial charge in [0.05, 0.1) is 6.33 Å². The van der Waals surface area contributed by atoms with Crippen molar-refractivity contribution in [1.29, 1.82) is 0 Å². The van der Waals surface area contributed by atoms with Crippen molar-refractivity contribution in [2.75, 3.05) is 19.7 Å². The number of imidazole rings is 1. The molecule has 4 heteroatoms. The first-order valence-corrected chi connectivity index (χ1v) is 8.65. The van der Waals surface area contributed by atoms with Crippen LogP contribution in [-0.4, -0.2) is 39.3 Å². The fourth-order valence-corrected chi connectivity index (χ4v) is 3.83. The minimum Gasteiger partial charge on any atom is -0.396 e. The Hall–Kier alpha value is -1.65. The summed E-state index contributed by atoms with van der Waals surface area (Å²) < 4.78 is 2.02. The number of piperidine rings is 1. The van der Waals surface area contributed by atoms with Crippen LogP contribution >= 0.6 is 0 Å². The Labute approximate surface area is 138 Å². The number of benzene rings is 1. The third-order valence-electron chi connectivity index (χ3n) is 5.00. The number of hydrogen-bond acceptors (Lipinski definition) is 3. The molecule has 4 nitrogen and oxygen atoms in total. The van der Waals surface area contributed by atoms with Gasteiger partial charge in [-0.15, -0.1) is 0 Å². The van der Waals surface area contributed by atoms with Crippen LogP contribution in [0.15, 0.2) is 43.0 Å². The highest BCUT2D eigenvalue weighted by Crippen LogP contribution is 2.34. The number of aromatic nitrogens is 2. The van der Waals surface area contributed by atoms with E-state index in [2.05, 4.69) is 41.1 Å². The Bertz CT molecular complexity index is 590. The Kier molecular flexibility index (Phi) is 5.13. The van der Waals surface area contributed by atoms with Gasteiger partial charge in [0.1, 0.15) is 0 Å². The van der Waals surface area contributed by atoms with Crippen molar-refractivity contribution in [3.8, 4) is 5.69 Å². The first-order chi connectivity index (χ1) is 11.2. The topological polar surface area (TPSA) is 41.3 Å². The summed E-state index contributed by atoms with van der Waals surface area (Å²) in [7, 11) is 0. The molecule has 1 atom stereocenters. The fourth-order valence-electron chi connectivity index (χ4n) is 3.83. The molecule has 1 saturated heterocycles. The molecule has 0 aliphatic carbocycles. The lowest BCUT2D eigenvalue weighted by Gasteiger charge is -2.42. The SMILES string of the molecule is CCC[C@]1(CO)CCCN(Cc2ccc(-n3ccnc3)cc2)C1. The van der Waals surface area contributed by atoms with Crippen LogP contribution in [0, 0.1) is 5.41 Å². The van der Waals surface area contributed by atoms with E-state index in [1.165, 1.54) is 12.0 Å². The zero-order valence-corrected chi connectivity index (χ0v) is 14.0. The van der Waals surface area contributed by atoms with E-state index in [9.17, 15) is 5.11 Å². The molecule has 1 N–H and O–H groups in total. The minimum atomic E-state index is 0.115. The number of rotatable bonds is 6. The predicted octanol–water partition coefficient (Wildman–Crippen LogP) is 3.25. The summed E-state index contributed by atoms with van der Waals surface area (Å²) in [5, 5.41) is 9.86. The summed E-state index contributed by atoms with van der Waals surface area (Å²) in [4.78, 5) is 6.59. The second-order valence-corrected chi connectivity index (χ2v) is 6.86. The largest absolute Gasteiger partial charge is 0.396 e. The zero-order chi connectivity index (χ0) is 16.1. The first-order valence-electron chi connectivity index (χ1n) is 8.65. The van der Waals surface area contributed by atoms with Gasteiger partial charge < -0.3 is 9.67 Å². The molecular weight excluding hydrogens is 286 g/mol. The van der Waals surface area contributed by atoms with Crippen molar-refractivity contribution in [2.45, 2.75) is 39.2 Å². The number of hydrogen-bond donors (Lipinski definition) is 1. The average molecular weight is 313 g/mol. The van der Waals surface area contributed by atoms with Crippen LogP contribution in [0.4, 0.5) is 0 Å². The summed E-state index contributed by atoms with van der Waals surface area (Å²) in [5.41, 5.74) is 2.59. The van der Waals surface area contributed by atoms with Crippen molar-refractivity contribution in [2.24, 2.45) is 5.41 Å². The molecule has 0 saturated carbocycles. The molecule has 1 aromatic heterocycles. The van der Waals surface area contributed by atoms with Gasteiger partial charge in [0, 0.05) is 43.2 Å². The first kappa shape index (κ1) is 16.2. The van der Waals surface area contributed by atoms with Gasteiger partial charge in [0.15, 0.2) is 0 Å². The number of likely N-dealkylation sites (tertiary alicyclic amines) is 1. The standard InChI is InChI=1S/C19H27N3O/c1-2-8-19(15-23)9-3-11-21(14-19)13-17-4-6-18(7-5-17)22-12-10-20-16-22/h4-7,10,12,16,23H,2-3,8-9,11,13-15H2,1H3/t19-/m0/s1. The molecule has 124 valence electrons. The molecule has 23 heavy (non-hydrogen) atoms. The Morgan fingerprint density at radius 2 is 2.09 bits per heavy atom. The lowest BCUT2D eigenvalue weighted by molar-refractivity contribution is 0.0216. The van der Waals surface area contributed by atoms with Crippen LogP contribution in [0.3, 0.4) is 0 Å². The van der Waals surface area contributed by atoms with E-state index >= 15 is 0 Å². The molecule has 1 aliphatic rings. The second-order valence-electron chi connectivity index (χ2n) is 6.86. The molecule has 2 aromatic rings. The van der Waals surface area contributed by atoms with Crippen LogP contribution in [0.5, 0.6) is 0 Å². The van der Waals surface area contributed by atoms with Gasteiger partial charge >= 0.3 is 0 Å². The molecule has 1 fully saturated rings. The molecule has 1 aromatic carbocycles. The molecule has 2 heterocycles. The van der Waals surface area contributed by atoms with E-state index in [1.54, 1.807) is 6.20 Å². The third kappa shape index (κ3) is 3.82. The maximum atomic E-state index is 9.86. The van der Waals surface area contributed by atoms with Crippen molar-refractivity contribution < 1.29 is 5.11 Å². The van der Waals surface area contributed by atoms with Crippen LogP contribution in [0.2, 0.25) is 0 Å². The lowest BCUT2D eigenvalue weighted by Crippen LogP contribution is -2.44. The van der Waals surface area contributed by atoms with E-state index in [0.29, 0.717) is 6.61 Å². The predicted molar refractivity (Wildman–Crippen MR) is 92.5 cm³/mol. The van der Waals surface area contributed by atoms with Crippen molar-refractivity contribution in [3.05, 3.63) is 48.5 Å². The molecule has 0 radical (unpaired) electrons. The Morgan fingerprint density at radius 3 is 2.74 bits per heavy atom. The average Bonchev–Trinajstić information content (AvgIpc) is 3.11. The normalized spacial score (nSPS) is 22.3. The molecule has 3 rings (SSSR count). The number of nitrogens with zero attached hydrogens (tertiary/aromatic N) is 3. The van der Waals surface area contributed by atoms with Crippen molar-refractivity contribution in [3.63, 3.8) is 0 Å². The highest BCUT2D eigenvalue weighted by atomic mass is 16.3. The Balaban J connectivity index is 1.64. The van der Waals surface area contributed by atoms with Crippen LogP contribution in [0.1, 0.15) is 38.2 Å². The maximum Gasteiger partial charge on any atom is 0.0991 e. The van der Waals surface area contributed by atoms with Gasteiger partial charge in [-0.25, -0.2) is 4.98 Å². The van der Waals surface area contributed by atoms with Gasteiger partial charge in [0.2, 0.25) is 0 Å². The summed E-state index contributed by atoms with van der Waals surface area (Å²) in [6.45, 7) is 5.65. The summed E-state index contributed by atoms with van der Waals surface area (Å²) in [5.74, 6) is 0. The third-order valence-corrected chi connectivity index (χ3v) is 5.00. The molecule has 0 amide bonds. The van der Waals surface area contributed by atoms with Crippen LogP contribution in [0.25, 0.3) is 5.69 Å². The summed E-state index contributed by atoms with van der Waals surface area (Å²) >= 11 is 0. The number of aliphatic hydroxyl groups is 1. The summed E-state index contributed by atoms with van der Waals surface area (Å²) in [6.07, 6.45) is 10.2. The van der Waals surface area contributed by atoms with Gasteiger partial charge in [-0.05, 0) is 43.5 Å². The minimum absolute atomic E-state index is 0.115. The lowest BCUT2D eigenvalue weighted by atomic mass is 9.77. The van der Waals surface area contributed by atoms with E-state index in [-0.39, 0.29) is 5.41 Å². The molecule has 0 unspecified atom stereocenters. The van der Waals surface area contributed by atoms with Crippen molar-refractivity contribution >= 4 is 0 Å². The monoisotopic (exact) mass is 313 g/mol. The van der Waals surface area contributed by atoms with Gasteiger partial charge in [-0.3, -0.25) is 4.90 Å². The Morgan fingerprint density at radius 1 is 1.26 bits per heavy atom. The quantitative estimate of drug-likeness (QED) is 0.890. The van der Waals surface area contributed by atoms with Gasteiger partial charge in [0.25, 0.3) is 0 Å². The molecule has 0 bridgehead atoms. The zero-order valence-electron chi connectivity index (χ0n) is 14.0. The van der Waals surface area contributed by atoms with Gasteiger partial charge in [-0.2, -0.15) is 0 Å². The molecule has 1 aliphatic heterocycles. The van der Waals surface area contributed by atoms with Crippen LogP contribution < -0.4 is 0 Å². The number of aliphatic hydroxyl groups excluding tert-OH is 1. The highest BCUT2D eigenvalue weighted by molar-refractivity contribution is 5.34. The van der Waals surface area contributed by atoms with Gasteiger partial charge in [-0.1, -0.05) is 25.5 Å². The molecule has 0 spiro atoms. The van der Waals surface area contributed by atoms with Crippen LogP contribution in [-0.2, 0) is 6.54 Å². The van der Waals surface area contributed by atoms with E-state index in [1.807, 2.05) is 17.1 Å². The summed E-state index contributed by atoms with van der Waals surface area (Å²) in [6, 6.07) is 8.69. The second kappa shape index (κ2) is 7.28. The molecular formula is C19H27N3O. The van der Waals surface area contributed by atoms with E-state index in [4.69, 9.17) is 0 Å².